The Hall–Kier alpha value is -1.57. The summed E-state index contributed by atoms with van der Waals surface area (Å²) in [6, 6.07) is 15.5. The van der Waals surface area contributed by atoms with Crippen molar-refractivity contribution in [3.05, 3.63) is 70.2 Å². The molecule has 2 aromatic rings. The summed E-state index contributed by atoms with van der Waals surface area (Å²) >= 11 is 6.05. The molecule has 1 nitrogen and oxygen atoms in total. The van der Waals surface area contributed by atoms with Gasteiger partial charge in [-0.3, -0.25) is 0 Å². The van der Waals surface area contributed by atoms with Gasteiger partial charge < -0.3 is 5.11 Å². The summed E-state index contributed by atoms with van der Waals surface area (Å²) in [7, 11) is 0. The molecule has 0 spiro atoms. The first-order valence-corrected chi connectivity index (χ1v) is 5.80. The quantitative estimate of drug-likeness (QED) is 0.809. The molecule has 0 saturated carbocycles. The van der Waals surface area contributed by atoms with Crippen molar-refractivity contribution in [2.75, 3.05) is 0 Å². The molecule has 0 saturated heterocycles. The van der Waals surface area contributed by atoms with E-state index in [1.807, 2.05) is 60.7 Å². The SMILES string of the molecule is OCc1ccc(/C=C/c2ccccc2Cl)cc1. The number of hydrogen-bond acceptors (Lipinski definition) is 1. The van der Waals surface area contributed by atoms with Crippen molar-refractivity contribution in [3.8, 4) is 0 Å². The summed E-state index contributed by atoms with van der Waals surface area (Å²) in [5.41, 5.74) is 3.00. The van der Waals surface area contributed by atoms with E-state index in [1.165, 1.54) is 0 Å². The first-order valence-electron chi connectivity index (χ1n) is 5.42. The van der Waals surface area contributed by atoms with Crippen LogP contribution in [0.25, 0.3) is 12.2 Å². The maximum atomic E-state index is 8.94. The third-order valence-electron chi connectivity index (χ3n) is 2.52. The Morgan fingerprint density at radius 1 is 0.941 bits per heavy atom. The van der Waals surface area contributed by atoms with Gasteiger partial charge in [0.2, 0.25) is 0 Å². The van der Waals surface area contributed by atoms with Gasteiger partial charge in [0.15, 0.2) is 0 Å². The number of rotatable bonds is 3. The molecular formula is C15H13ClO. The zero-order valence-electron chi connectivity index (χ0n) is 9.31. The summed E-state index contributed by atoms with van der Waals surface area (Å²) < 4.78 is 0. The van der Waals surface area contributed by atoms with Gasteiger partial charge in [-0.25, -0.2) is 0 Å². The van der Waals surface area contributed by atoms with Crippen molar-refractivity contribution in [1.82, 2.24) is 0 Å². The van der Waals surface area contributed by atoms with Crippen LogP contribution in [-0.2, 0) is 6.61 Å². The molecule has 0 radical (unpaired) electrons. The highest BCUT2D eigenvalue weighted by Crippen LogP contribution is 2.18. The van der Waals surface area contributed by atoms with Gasteiger partial charge in [-0.05, 0) is 22.8 Å². The second kappa shape index (κ2) is 5.67. The molecule has 0 aliphatic carbocycles. The van der Waals surface area contributed by atoms with Crippen LogP contribution in [0.15, 0.2) is 48.5 Å². The van der Waals surface area contributed by atoms with Gasteiger partial charge in [0, 0.05) is 5.02 Å². The Kier molecular flexibility index (Phi) is 3.97. The van der Waals surface area contributed by atoms with E-state index in [1.54, 1.807) is 0 Å². The second-order valence-corrected chi connectivity index (χ2v) is 4.16. The van der Waals surface area contributed by atoms with Gasteiger partial charge in [0.05, 0.1) is 6.61 Å². The average Bonchev–Trinajstić information content (AvgIpc) is 2.38. The first-order chi connectivity index (χ1) is 8.29. The summed E-state index contributed by atoms with van der Waals surface area (Å²) in [5.74, 6) is 0. The van der Waals surface area contributed by atoms with Gasteiger partial charge >= 0.3 is 0 Å². The third kappa shape index (κ3) is 3.19. The van der Waals surface area contributed by atoms with Gasteiger partial charge in [0.1, 0.15) is 0 Å². The van der Waals surface area contributed by atoms with E-state index >= 15 is 0 Å². The maximum Gasteiger partial charge on any atom is 0.0681 e. The summed E-state index contributed by atoms with van der Waals surface area (Å²) in [6.45, 7) is 0.0779. The Labute approximate surface area is 106 Å². The van der Waals surface area contributed by atoms with Crippen LogP contribution in [0.4, 0.5) is 0 Å². The Balaban J connectivity index is 2.17. The highest BCUT2D eigenvalue weighted by Gasteiger charge is 1.94. The van der Waals surface area contributed by atoms with E-state index in [-0.39, 0.29) is 6.61 Å². The molecule has 1 N–H and O–H groups in total. The molecule has 0 bridgehead atoms. The van der Waals surface area contributed by atoms with E-state index in [2.05, 4.69) is 0 Å². The van der Waals surface area contributed by atoms with Crippen LogP contribution in [-0.4, -0.2) is 5.11 Å². The van der Waals surface area contributed by atoms with Crippen molar-refractivity contribution in [1.29, 1.82) is 0 Å². The van der Waals surface area contributed by atoms with Crippen molar-refractivity contribution in [2.24, 2.45) is 0 Å². The second-order valence-electron chi connectivity index (χ2n) is 3.75. The third-order valence-corrected chi connectivity index (χ3v) is 2.87. The van der Waals surface area contributed by atoms with Crippen molar-refractivity contribution in [2.45, 2.75) is 6.61 Å². The van der Waals surface area contributed by atoms with Gasteiger partial charge in [-0.15, -0.1) is 0 Å². The largest absolute Gasteiger partial charge is 0.392 e. The summed E-state index contributed by atoms with van der Waals surface area (Å²) in [5, 5.41) is 9.68. The van der Waals surface area contributed by atoms with Crippen molar-refractivity contribution in [3.63, 3.8) is 0 Å². The molecule has 86 valence electrons. The van der Waals surface area contributed by atoms with E-state index in [4.69, 9.17) is 16.7 Å². The minimum absolute atomic E-state index is 0.0779. The Morgan fingerprint density at radius 3 is 2.29 bits per heavy atom. The molecule has 0 fully saturated rings. The molecular weight excluding hydrogens is 232 g/mol. The van der Waals surface area contributed by atoms with Crippen LogP contribution >= 0.6 is 11.6 Å². The van der Waals surface area contributed by atoms with Crippen LogP contribution in [0, 0.1) is 0 Å². The molecule has 0 atom stereocenters. The van der Waals surface area contributed by atoms with E-state index in [0.29, 0.717) is 0 Å². The average molecular weight is 245 g/mol. The minimum atomic E-state index is 0.0779. The number of halogens is 1. The highest BCUT2D eigenvalue weighted by atomic mass is 35.5. The maximum absolute atomic E-state index is 8.94. The molecule has 2 aromatic carbocycles. The van der Waals surface area contributed by atoms with Crippen LogP contribution in [0.2, 0.25) is 5.02 Å². The number of benzene rings is 2. The molecule has 0 aliphatic rings. The molecule has 0 unspecified atom stereocenters. The lowest BCUT2D eigenvalue weighted by Crippen LogP contribution is -1.81. The van der Waals surface area contributed by atoms with Crippen LogP contribution in [0.1, 0.15) is 16.7 Å². The van der Waals surface area contributed by atoms with Crippen LogP contribution in [0.3, 0.4) is 0 Å². The molecule has 2 heteroatoms. The van der Waals surface area contributed by atoms with Crippen molar-refractivity contribution < 1.29 is 5.11 Å². The lowest BCUT2D eigenvalue weighted by molar-refractivity contribution is 0.282. The fourth-order valence-electron chi connectivity index (χ4n) is 1.53. The molecule has 0 aliphatic heterocycles. The molecule has 0 amide bonds. The Bertz CT molecular complexity index is 515. The lowest BCUT2D eigenvalue weighted by atomic mass is 10.1. The summed E-state index contributed by atoms with van der Waals surface area (Å²) in [6.07, 6.45) is 3.98. The monoisotopic (exact) mass is 244 g/mol. The van der Waals surface area contributed by atoms with E-state index in [0.717, 1.165) is 21.7 Å². The highest BCUT2D eigenvalue weighted by molar-refractivity contribution is 6.32. The number of hydrogen-bond donors (Lipinski definition) is 1. The van der Waals surface area contributed by atoms with Crippen molar-refractivity contribution >= 4 is 23.8 Å². The zero-order chi connectivity index (χ0) is 12.1. The lowest BCUT2D eigenvalue weighted by Gasteiger charge is -1.98. The standard InChI is InChI=1S/C15H13ClO/c16-15-4-2-1-3-14(15)10-9-12-5-7-13(11-17)8-6-12/h1-10,17H,11H2/b10-9+. The van der Waals surface area contributed by atoms with Crippen LogP contribution in [0.5, 0.6) is 0 Å². The van der Waals surface area contributed by atoms with Crippen LogP contribution < -0.4 is 0 Å². The minimum Gasteiger partial charge on any atom is -0.392 e. The van der Waals surface area contributed by atoms with E-state index in [9.17, 15) is 0 Å². The topological polar surface area (TPSA) is 20.2 Å². The smallest absolute Gasteiger partial charge is 0.0681 e. The molecule has 17 heavy (non-hydrogen) atoms. The molecule has 0 heterocycles. The van der Waals surface area contributed by atoms with Gasteiger partial charge in [-0.1, -0.05) is 66.2 Å². The van der Waals surface area contributed by atoms with Gasteiger partial charge in [0.25, 0.3) is 0 Å². The predicted octanol–water partition coefficient (Wildman–Crippen LogP) is 4.00. The molecule has 2 rings (SSSR count). The first kappa shape index (κ1) is 11.9. The Morgan fingerprint density at radius 2 is 1.65 bits per heavy atom. The predicted molar refractivity (Wildman–Crippen MR) is 72.7 cm³/mol. The van der Waals surface area contributed by atoms with E-state index < -0.39 is 0 Å². The fourth-order valence-corrected chi connectivity index (χ4v) is 1.73. The molecule has 0 aromatic heterocycles. The zero-order valence-corrected chi connectivity index (χ0v) is 10.1. The van der Waals surface area contributed by atoms with Gasteiger partial charge in [-0.2, -0.15) is 0 Å². The normalized spacial score (nSPS) is 10.9. The number of aliphatic hydroxyl groups excluding tert-OH is 1. The fraction of sp³-hybridized carbons (Fsp3) is 0.0667. The number of aliphatic hydroxyl groups is 1. The summed E-state index contributed by atoms with van der Waals surface area (Å²) in [4.78, 5) is 0.